The summed E-state index contributed by atoms with van der Waals surface area (Å²) in [5, 5.41) is 0. The first-order chi connectivity index (χ1) is 9.77. The van der Waals surface area contributed by atoms with Crippen LogP contribution < -0.4 is 0 Å². The molecule has 2 nitrogen and oxygen atoms in total. The summed E-state index contributed by atoms with van der Waals surface area (Å²) in [6, 6.07) is 20.7. The number of benzene rings is 2. The zero-order valence-corrected chi connectivity index (χ0v) is 12.3. The van der Waals surface area contributed by atoms with Crippen LogP contribution in [-0.2, 0) is 9.47 Å². The van der Waals surface area contributed by atoms with E-state index in [4.69, 9.17) is 9.47 Å². The average Bonchev–Trinajstić information content (AvgIpc) is 2.53. The second kappa shape index (κ2) is 7.22. The molecule has 0 fully saturated rings. The fraction of sp³-hybridized carbons (Fsp3) is 0.333. The fourth-order valence-electron chi connectivity index (χ4n) is 2.65. The van der Waals surface area contributed by atoms with E-state index in [1.807, 2.05) is 24.3 Å². The zero-order chi connectivity index (χ0) is 14.4. The summed E-state index contributed by atoms with van der Waals surface area (Å²) >= 11 is 0. The molecule has 3 atom stereocenters. The minimum Gasteiger partial charge on any atom is -0.381 e. The molecule has 0 unspecified atom stereocenters. The quantitative estimate of drug-likeness (QED) is 0.783. The molecule has 0 aliphatic carbocycles. The van der Waals surface area contributed by atoms with Gasteiger partial charge in [0.15, 0.2) is 0 Å². The van der Waals surface area contributed by atoms with Gasteiger partial charge in [0.1, 0.15) is 0 Å². The van der Waals surface area contributed by atoms with Crippen LogP contribution in [0.1, 0.15) is 30.1 Å². The molecule has 0 aliphatic heterocycles. The monoisotopic (exact) mass is 270 g/mol. The molecule has 0 aliphatic rings. The molecule has 2 heteroatoms. The summed E-state index contributed by atoms with van der Waals surface area (Å²) in [4.78, 5) is 0. The highest BCUT2D eigenvalue weighted by molar-refractivity contribution is 5.28. The molecule has 0 spiro atoms. The van der Waals surface area contributed by atoms with Gasteiger partial charge in [-0.3, -0.25) is 0 Å². The van der Waals surface area contributed by atoms with Gasteiger partial charge in [-0.2, -0.15) is 0 Å². The minimum atomic E-state index is -0.0199. The van der Waals surface area contributed by atoms with Crippen molar-refractivity contribution < 1.29 is 9.47 Å². The fourth-order valence-corrected chi connectivity index (χ4v) is 2.65. The molecule has 0 heterocycles. The minimum absolute atomic E-state index is 0.0199. The van der Waals surface area contributed by atoms with Crippen molar-refractivity contribution in [3.8, 4) is 0 Å². The van der Waals surface area contributed by atoms with Crippen molar-refractivity contribution in [3.05, 3.63) is 71.8 Å². The molecular formula is C18H22O2. The lowest BCUT2D eigenvalue weighted by Crippen LogP contribution is -2.25. The van der Waals surface area contributed by atoms with Gasteiger partial charge >= 0.3 is 0 Å². The van der Waals surface area contributed by atoms with Gasteiger partial charge < -0.3 is 9.47 Å². The standard InChI is InChI=1S/C18H22O2/c1-14(19-2)17(15-10-6-4-7-11-15)18(20-3)16-12-8-5-9-13-16/h4-14,17-18H,1-3H3/t14-,17-,18-/m1/s1. The Bertz CT molecular complexity index is 495. The first-order valence-electron chi connectivity index (χ1n) is 6.93. The molecule has 0 radical (unpaired) electrons. The van der Waals surface area contributed by atoms with Crippen molar-refractivity contribution in [2.75, 3.05) is 14.2 Å². The van der Waals surface area contributed by atoms with Gasteiger partial charge in [-0.15, -0.1) is 0 Å². The second-order valence-corrected chi connectivity index (χ2v) is 4.94. The van der Waals surface area contributed by atoms with Gasteiger partial charge in [0.2, 0.25) is 0 Å². The summed E-state index contributed by atoms with van der Waals surface area (Å²) < 4.78 is 11.4. The van der Waals surface area contributed by atoms with Gasteiger partial charge in [-0.1, -0.05) is 60.7 Å². The van der Waals surface area contributed by atoms with Crippen molar-refractivity contribution in [2.45, 2.75) is 25.0 Å². The molecule has 0 bridgehead atoms. The Kier molecular flexibility index (Phi) is 5.33. The number of hydrogen-bond donors (Lipinski definition) is 0. The Labute approximate surface area is 121 Å². The molecule has 2 aromatic carbocycles. The molecule has 20 heavy (non-hydrogen) atoms. The van der Waals surface area contributed by atoms with Crippen LogP contribution in [0.25, 0.3) is 0 Å². The average molecular weight is 270 g/mol. The van der Waals surface area contributed by atoms with E-state index in [1.54, 1.807) is 14.2 Å². The van der Waals surface area contributed by atoms with Gasteiger partial charge in [0, 0.05) is 20.1 Å². The van der Waals surface area contributed by atoms with Crippen molar-refractivity contribution in [3.63, 3.8) is 0 Å². The van der Waals surface area contributed by atoms with Crippen molar-refractivity contribution in [1.29, 1.82) is 0 Å². The van der Waals surface area contributed by atoms with Crippen LogP contribution in [0, 0.1) is 0 Å². The van der Waals surface area contributed by atoms with Crippen LogP contribution in [-0.4, -0.2) is 20.3 Å². The van der Waals surface area contributed by atoms with E-state index >= 15 is 0 Å². The third kappa shape index (κ3) is 3.27. The van der Waals surface area contributed by atoms with Gasteiger partial charge in [0.25, 0.3) is 0 Å². The number of ether oxygens (including phenoxy) is 2. The summed E-state index contributed by atoms with van der Waals surface area (Å²) in [6.07, 6.45) is 0.0520. The van der Waals surface area contributed by atoms with Gasteiger partial charge in [0.05, 0.1) is 12.2 Å². The Morgan fingerprint density at radius 1 is 0.700 bits per heavy atom. The molecule has 0 saturated carbocycles. The van der Waals surface area contributed by atoms with E-state index in [0.29, 0.717) is 0 Å². The molecule has 0 amide bonds. The Morgan fingerprint density at radius 3 is 1.65 bits per heavy atom. The normalized spacial score (nSPS) is 15.6. The number of methoxy groups -OCH3 is 2. The molecule has 2 aromatic rings. The molecule has 2 rings (SSSR count). The SMILES string of the molecule is CO[C@H](c1ccccc1)[C@@H](c1ccccc1)[C@@H](C)OC. The molecule has 106 valence electrons. The smallest absolute Gasteiger partial charge is 0.0914 e. The van der Waals surface area contributed by atoms with E-state index in [1.165, 1.54) is 11.1 Å². The van der Waals surface area contributed by atoms with E-state index in [2.05, 4.69) is 43.3 Å². The molecule has 0 N–H and O–H groups in total. The lowest BCUT2D eigenvalue weighted by Gasteiger charge is -2.31. The second-order valence-electron chi connectivity index (χ2n) is 4.94. The maximum Gasteiger partial charge on any atom is 0.0914 e. The van der Waals surface area contributed by atoms with Crippen molar-refractivity contribution in [2.24, 2.45) is 0 Å². The highest BCUT2D eigenvalue weighted by Gasteiger charge is 2.29. The van der Waals surface area contributed by atoms with Crippen LogP contribution in [0.5, 0.6) is 0 Å². The van der Waals surface area contributed by atoms with Gasteiger partial charge in [-0.25, -0.2) is 0 Å². The molecule has 0 aromatic heterocycles. The van der Waals surface area contributed by atoms with Crippen LogP contribution in [0.15, 0.2) is 60.7 Å². The third-order valence-corrected chi connectivity index (χ3v) is 3.77. The van der Waals surface area contributed by atoms with Crippen molar-refractivity contribution in [1.82, 2.24) is 0 Å². The largest absolute Gasteiger partial charge is 0.381 e. The van der Waals surface area contributed by atoms with E-state index in [0.717, 1.165) is 0 Å². The van der Waals surface area contributed by atoms with E-state index in [9.17, 15) is 0 Å². The highest BCUT2D eigenvalue weighted by Crippen LogP contribution is 2.37. The van der Waals surface area contributed by atoms with E-state index < -0.39 is 0 Å². The maximum absolute atomic E-state index is 5.80. The van der Waals surface area contributed by atoms with E-state index in [-0.39, 0.29) is 18.1 Å². The predicted octanol–water partition coefficient (Wildman–Crippen LogP) is 4.19. The van der Waals surface area contributed by atoms with Crippen molar-refractivity contribution >= 4 is 0 Å². The Hall–Kier alpha value is -1.64. The van der Waals surface area contributed by atoms with Crippen LogP contribution in [0.3, 0.4) is 0 Å². The third-order valence-electron chi connectivity index (χ3n) is 3.77. The summed E-state index contributed by atoms with van der Waals surface area (Å²) in [6.45, 7) is 2.09. The summed E-state index contributed by atoms with van der Waals surface area (Å²) in [5.41, 5.74) is 2.41. The Morgan fingerprint density at radius 2 is 1.20 bits per heavy atom. The first kappa shape index (κ1) is 14.8. The van der Waals surface area contributed by atoms with Crippen LogP contribution >= 0.6 is 0 Å². The first-order valence-corrected chi connectivity index (χ1v) is 6.93. The summed E-state index contributed by atoms with van der Waals surface area (Å²) in [7, 11) is 3.51. The van der Waals surface area contributed by atoms with Crippen LogP contribution in [0.2, 0.25) is 0 Å². The summed E-state index contributed by atoms with van der Waals surface area (Å²) in [5.74, 6) is 0.161. The predicted molar refractivity (Wildman–Crippen MR) is 81.8 cm³/mol. The number of rotatable bonds is 6. The lowest BCUT2D eigenvalue weighted by atomic mass is 9.85. The molecule has 0 saturated heterocycles. The topological polar surface area (TPSA) is 18.5 Å². The van der Waals surface area contributed by atoms with Gasteiger partial charge in [-0.05, 0) is 18.1 Å². The maximum atomic E-state index is 5.80. The molecular weight excluding hydrogens is 248 g/mol. The lowest BCUT2D eigenvalue weighted by molar-refractivity contribution is 0.00673. The number of hydrogen-bond acceptors (Lipinski definition) is 2. The Balaban J connectivity index is 2.39. The zero-order valence-electron chi connectivity index (χ0n) is 12.3. The highest BCUT2D eigenvalue weighted by atomic mass is 16.5. The van der Waals surface area contributed by atoms with Crippen LogP contribution in [0.4, 0.5) is 0 Å².